The highest BCUT2D eigenvalue weighted by Gasteiger charge is 2.26. The van der Waals surface area contributed by atoms with Crippen LogP contribution in [0.15, 0.2) is 18.2 Å². The van der Waals surface area contributed by atoms with Crippen molar-refractivity contribution < 1.29 is 9.53 Å². The van der Waals surface area contributed by atoms with Crippen molar-refractivity contribution in [1.82, 2.24) is 5.32 Å². The van der Waals surface area contributed by atoms with Crippen LogP contribution in [0.5, 0.6) is 5.75 Å². The van der Waals surface area contributed by atoms with E-state index < -0.39 is 0 Å². The molecule has 0 aliphatic carbocycles. The number of rotatable bonds is 4. The molecular formula is C15H23N3O2. The molecule has 0 saturated carbocycles. The number of nitrogens with two attached hydrogens (primary N) is 1. The Hall–Kier alpha value is -1.75. The molecule has 1 saturated heterocycles. The smallest absolute Gasteiger partial charge is 0.217 e. The summed E-state index contributed by atoms with van der Waals surface area (Å²) in [5.41, 5.74) is 8.23. The third kappa shape index (κ3) is 3.04. The third-order valence-corrected chi connectivity index (χ3v) is 3.65. The highest BCUT2D eigenvalue weighted by Crippen LogP contribution is 2.35. The zero-order chi connectivity index (χ0) is 14.7. The van der Waals surface area contributed by atoms with Crippen molar-refractivity contribution in [2.75, 3.05) is 25.1 Å². The Labute approximate surface area is 120 Å². The molecule has 1 aromatic carbocycles. The minimum absolute atomic E-state index is 0.0231. The van der Waals surface area contributed by atoms with Gasteiger partial charge < -0.3 is 20.7 Å². The van der Waals surface area contributed by atoms with Crippen LogP contribution in [0, 0.1) is 0 Å². The number of nitrogens with one attached hydrogen (secondary N) is 1. The number of hydrogen-bond donors (Lipinski definition) is 2. The minimum Gasteiger partial charge on any atom is -0.496 e. The molecule has 1 aliphatic rings. The first-order valence-corrected chi connectivity index (χ1v) is 6.97. The van der Waals surface area contributed by atoms with E-state index in [1.54, 1.807) is 14.0 Å². The van der Waals surface area contributed by atoms with Crippen molar-refractivity contribution in [2.45, 2.75) is 32.4 Å². The van der Waals surface area contributed by atoms with Crippen LogP contribution < -0.4 is 20.7 Å². The summed E-state index contributed by atoms with van der Waals surface area (Å²) in [5.74, 6) is 0.843. The fourth-order valence-corrected chi connectivity index (χ4v) is 2.83. The molecule has 110 valence electrons. The van der Waals surface area contributed by atoms with Crippen molar-refractivity contribution in [1.29, 1.82) is 0 Å². The van der Waals surface area contributed by atoms with Crippen molar-refractivity contribution in [3.63, 3.8) is 0 Å². The molecule has 0 bridgehead atoms. The van der Waals surface area contributed by atoms with E-state index in [-0.39, 0.29) is 18.0 Å². The fraction of sp³-hybridized carbons (Fsp3) is 0.533. The second kappa shape index (κ2) is 6.13. The van der Waals surface area contributed by atoms with Gasteiger partial charge in [0.1, 0.15) is 5.75 Å². The van der Waals surface area contributed by atoms with E-state index in [0.717, 1.165) is 36.5 Å². The third-order valence-electron chi connectivity index (χ3n) is 3.65. The largest absolute Gasteiger partial charge is 0.496 e. The van der Waals surface area contributed by atoms with Gasteiger partial charge in [-0.2, -0.15) is 0 Å². The molecule has 1 heterocycles. The average molecular weight is 277 g/mol. The van der Waals surface area contributed by atoms with Crippen LogP contribution >= 0.6 is 0 Å². The maximum Gasteiger partial charge on any atom is 0.217 e. The molecule has 3 N–H and O–H groups in total. The molecule has 5 heteroatoms. The number of benzene rings is 1. The van der Waals surface area contributed by atoms with E-state index in [1.165, 1.54) is 0 Å². The monoisotopic (exact) mass is 277 g/mol. The van der Waals surface area contributed by atoms with Gasteiger partial charge in [-0.1, -0.05) is 6.07 Å². The van der Waals surface area contributed by atoms with E-state index in [4.69, 9.17) is 10.5 Å². The summed E-state index contributed by atoms with van der Waals surface area (Å²) in [6.45, 7) is 5.24. The van der Waals surface area contributed by atoms with Crippen LogP contribution in [-0.2, 0) is 4.79 Å². The lowest BCUT2D eigenvalue weighted by Crippen LogP contribution is -2.35. The summed E-state index contributed by atoms with van der Waals surface area (Å²) in [4.78, 5) is 13.4. The predicted octanol–water partition coefficient (Wildman–Crippen LogP) is 1.43. The predicted molar refractivity (Wildman–Crippen MR) is 80.0 cm³/mol. The summed E-state index contributed by atoms with van der Waals surface area (Å²) in [6.07, 6.45) is 0.954. The lowest BCUT2D eigenvalue weighted by Gasteiger charge is -2.25. The van der Waals surface area contributed by atoms with Crippen LogP contribution in [0.2, 0.25) is 0 Å². The number of anilines is 1. The summed E-state index contributed by atoms with van der Waals surface area (Å²) >= 11 is 0. The molecule has 20 heavy (non-hydrogen) atoms. The Morgan fingerprint density at radius 2 is 2.30 bits per heavy atom. The van der Waals surface area contributed by atoms with Gasteiger partial charge in [0.25, 0.3) is 0 Å². The number of amides is 1. The summed E-state index contributed by atoms with van der Waals surface area (Å²) in [6, 6.07) is 6.09. The molecule has 1 aromatic rings. The van der Waals surface area contributed by atoms with Gasteiger partial charge in [0.15, 0.2) is 0 Å². The topological polar surface area (TPSA) is 67.6 Å². The standard InChI is InChI=1S/C15H23N3O2/c1-10(16)15-13(5-4-6-14(15)20-3)18-8-7-12(9-18)17-11(2)19/h4-6,10,12H,7-9,16H2,1-3H3,(H,17,19)/t10-,12?/m0/s1. The van der Waals surface area contributed by atoms with E-state index in [0.29, 0.717) is 0 Å². The number of methoxy groups -OCH3 is 1. The first-order chi connectivity index (χ1) is 9.52. The van der Waals surface area contributed by atoms with E-state index >= 15 is 0 Å². The van der Waals surface area contributed by atoms with Gasteiger partial charge in [-0.3, -0.25) is 4.79 Å². The molecule has 1 fully saturated rings. The zero-order valence-corrected chi connectivity index (χ0v) is 12.3. The summed E-state index contributed by atoms with van der Waals surface area (Å²) in [5, 5.41) is 2.98. The van der Waals surface area contributed by atoms with Crippen molar-refractivity contribution >= 4 is 11.6 Å². The summed E-state index contributed by atoms with van der Waals surface area (Å²) < 4.78 is 5.42. The number of hydrogen-bond acceptors (Lipinski definition) is 4. The van der Waals surface area contributed by atoms with Crippen molar-refractivity contribution in [2.24, 2.45) is 5.73 Å². The molecule has 0 spiro atoms. The Balaban J connectivity index is 2.23. The molecule has 2 atom stereocenters. The Kier molecular flexibility index (Phi) is 4.49. The first-order valence-electron chi connectivity index (χ1n) is 6.97. The van der Waals surface area contributed by atoms with Gasteiger partial charge in [0, 0.05) is 43.3 Å². The first kappa shape index (κ1) is 14.7. The number of nitrogens with zero attached hydrogens (tertiary/aromatic N) is 1. The maximum atomic E-state index is 11.1. The molecule has 0 aromatic heterocycles. The number of carbonyl (C=O) groups excluding carboxylic acids is 1. The number of carbonyl (C=O) groups is 1. The molecule has 0 radical (unpaired) electrons. The number of ether oxygens (including phenoxy) is 1. The van der Waals surface area contributed by atoms with Crippen LogP contribution in [0.25, 0.3) is 0 Å². The fourth-order valence-electron chi connectivity index (χ4n) is 2.83. The maximum absolute atomic E-state index is 11.1. The highest BCUT2D eigenvalue weighted by atomic mass is 16.5. The summed E-state index contributed by atoms with van der Waals surface area (Å²) in [7, 11) is 1.66. The molecule has 1 aliphatic heterocycles. The SMILES string of the molecule is COc1cccc(N2CCC(NC(C)=O)C2)c1[C@H](C)N. The van der Waals surface area contributed by atoms with E-state index in [2.05, 4.69) is 16.3 Å². The van der Waals surface area contributed by atoms with Gasteiger partial charge in [-0.25, -0.2) is 0 Å². The van der Waals surface area contributed by atoms with Crippen LogP contribution in [0.4, 0.5) is 5.69 Å². The minimum atomic E-state index is -0.0963. The van der Waals surface area contributed by atoms with Gasteiger partial charge in [-0.15, -0.1) is 0 Å². The Bertz CT molecular complexity index is 488. The lowest BCUT2D eigenvalue weighted by molar-refractivity contribution is -0.119. The van der Waals surface area contributed by atoms with E-state index in [1.807, 2.05) is 19.1 Å². The van der Waals surface area contributed by atoms with Crippen molar-refractivity contribution in [3.05, 3.63) is 23.8 Å². The zero-order valence-electron chi connectivity index (χ0n) is 12.3. The van der Waals surface area contributed by atoms with Crippen LogP contribution in [0.3, 0.4) is 0 Å². The molecule has 2 rings (SSSR count). The molecular weight excluding hydrogens is 254 g/mol. The van der Waals surface area contributed by atoms with Crippen LogP contribution in [0.1, 0.15) is 31.9 Å². The average Bonchev–Trinajstić information content (AvgIpc) is 2.85. The molecule has 5 nitrogen and oxygen atoms in total. The van der Waals surface area contributed by atoms with E-state index in [9.17, 15) is 4.79 Å². The quantitative estimate of drug-likeness (QED) is 0.873. The molecule has 1 amide bonds. The Morgan fingerprint density at radius 3 is 2.90 bits per heavy atom. The van der Waals surface area contributed by atoms with Crippen LogP contribution in [-0.4, -0.2) is 32.1 Å². The Morgan fingerprint density at radius 1 is 1.55 bits per heavy atom. The lowest BCUT2D eigenvalue weighted by atomic mass is 10.0. The van der Waals surface area contributed by atoms with Gasteiger partial charge in [0.2, 0.25) is 5.91 Å². The van der Waals surface area contributed by atoms with Crippen molar-refractivity contribution in [3.8, 4) is 5.75 Å². The van der Waals surface area contributed by atoms with Gasteiger partial charge in [-0.05, 0) is 25.5 Å². The molecule has 1 unspecified atom stereocenters. The second-order valence-corrected chi connectivity index (χ2v) is 5.31. The highest BCUT2D eigenvalue weighted by molar-refractivity contribution is 5.73. The second-order valence-electron chi connectivity index (χ2n) is 5.31. The van der Waals surface area contributed by atoms with Gasteiger partial charge >= 0.3 is 0 Å². The van der Waals surface area contributed by atoms with Gasteiger partial charge in [0.05, 0.1) is 7.11 Å². The normalized spacial score (nSPS) is 19.8.